The summed E-state index contributed by atoms with van der Waals surface area (Å²) in [6.45, 7) is 2.47. The Hall–Kier alpha value is -1.20. The number of nitrogens with zero attached hydrogens (tertiary/aromatic N) is 1. The van der Waals surface area contributed by atoms with Crippen LogP contribution in [0.4, 0.5) is 10.1 Å². The quantitative estimate of drug-likeness (QED) is 0.446. The van der Waals surface area contributed by atoms with Gasteiger partial charge in [-0.25, -0.2) is 10.2 Å². The fourth-order valence-electron chi connectivity index (χ4n) is 0.905. The molecule has 3 nitrogen and oxygen atoms in total. The minimum atomic E-state index is -0.308. The predicted octanol–water partition coefficient (Wildman–Crippen LogP) is 1.72. The van der Waals surface area contributed by atoms with Crippen LogP contribution in [0.25, 0.3) is 0 Å². The number of hydrogen-bond acceptors (Lipinski definition) is 2. The van der Waals surface area contributed by atoms with Gasteiger partial charge in [0.2, 0.25) is 0 Å². The van der Waals surface area contributed by atoms with Crippen LogP contribution in [0.15, 0.2) is 24.3 Å². The molecule has 14 heavy (non-hydrogen) atoms. The molecule has 5 heteroatoms. The molecule has 0 fully saturated rings. The number of nitrogens with one attached hydrogen (secondary N) is 1. The van der Waals surface area contributed by atoms with E-state index in [1.807, 2.05) is 6.92 Å². The first-order valence-electron chi connectivity index (χ1n) is 4.22. The van der Waals surface area contributed by atoms with Gasteiger partial charge in [0.1, 0.15) is 5.82 Å². The summed E-state index contributed by atoms with van der Waals surface area (Å²) in [6.07, 6.45) is 0. The molecule has 0 aliphatic heterocycles. The number of benzene rings is 1. The molecule has 0 bridgehead atoms. The monoisotopic (exact) mass is 213 g/mol. The van der Waals surface area contributed by atoms with Gasteiger partial charge in [0, 0.05) is 12.2 Å². The SMILES string of the molecule is CCN(N)C(=S)Nc1cccc(F)c1. The Morgan fingerprint density at radius 1 is 1.64 bits per heavy atom. The third kappa shape index (κ3) is 2.93. The Labute approximate surface area is 87.7 Å². The van der Waals surface area contributed by atoms with Gasteiger partial charge in [0.15, 0.2) is 5.11 Å². The molecule has 0 amide bonds. The summed E-state index contributed by atoms with van der Waals surface area (Å²) in [5, 5.41) is 4.57. The minimum absolute atomic E-state index is 0.308. The molecular weight excluding hydrogens is 201 g/mol. The molecule has 0 aromatic heterocycles. The van der Waals surface area contributed by atoms with Gasteiger partial charge in [-0.3, -0.25) is 5.01 Å². The molecule has 0 saturated carbocycles. The van der Waals surface area contributed by atoms with Crippen LogP contribution in [-0.4, -0.2) is 16.7 Å². The zero-order valence-electron chi connectivity index (χ0n) is 7.83. The average Bonchev–Trinajstić information content (AvgIpc) is 2.16. The molecule has 76 valence electrons. The number of hydrazine groups is 1. The van der Waals surface area contributed by atoms with Gasteiger partial charge in [-0.15, -0.1) is 0 Å². The largest absolute Gasteiger partial charge is 0.331 e. The summed E-state index contributed by atoms with van der Waals surface area (Å²) in [5.74, 6) is 5.23. The maximum absolute atomic E-state index is 12.8. The zero-order valence-corrected chi connectivity index (χ0v) is 8.64. The Morgan fingerprint density at radius 3 is 2.93 bits per heavy atom. The van der Waals surface area contributed by atoms with Crippen molar-refractivity contribution < 1.29 is 4.39 Å². The number of hydrogen-bond donors (Lipinski definition) is 2. The standard InChI is InChI=1S/C9H12FN3S/c1-2-13(11)9(14)12-8-5-3-4-7(10)6-8/h3-6H,2,11H2,1H3,(H,12,14). The third-order valence-corrected chi connectivity index (χ3v) is 2.01. The van der Waals surface area contributed by atoms with Gasteiger partial charge < -0.3 is 5.32 Å². The van der Waals surface area contributed by atoms with Crippen molar-refractivity contribution in [2.45, 2.75) is 6.92 Å². The van der Waals surface area contributed by atoms with Crippen molar-refractivity contribution in [2.24, 2.45) is 5.84 Å². The van der Waals surface area contributed by atoms with Crippen molar-refractivity contribution in [3.63, 3.8) is 0 Å². The van der Waals surface area contributed by atoms with E-state index in [1.165, 1.54) is 17.1 Å². The molecule has 0 aliphatic carbocycles. The van der Waals surface area contributed by atoms with Crippen LogP contribution in [0.5, 0.6) is 0 Å². The lowest BCUT2D eigenvalue weighted by Crippen LogP contribution is -2.40. The molecule has 0 radical (unpaired) electrons. The molecule has 1 aromatic carbocycles. The molecular formula is C9H12FN3S. The van der Waals surface area contributed by atoms with E-state index >= 15 is 0 Å². The zero-order chi connectivity index (χ0) is 10.6. The smallest absolute Gasteiger partial charge is 0.187 e. The van der Waals surface area contributed by atoms with Crippen molar-refractivity contribution in [1.29, 1.82) is 0 Å². The van der Waals surface area contributed by atoms with Crippen LogP contribution in [0.2, 0.25) is 0 Å². The van der Waals surface area contributed by atoms with E-state index in [-0.39, 0.29) is 5.82 Å². The van der Waals surface area contributed by atoms with E-state index in [2.05, 4.69) is 5.32 Å². The van der Waals surface area contributed by atoms with Crippen LogP contribution in [0.3, 0.4) is 0 Å². The van der Waals surface area contributed by atoms with Crippen molar-refractivity contribution in [2.75, 3.05) is 11.9 Å². The highest BCUT2D eigenvalue weighted by Gasteiger charge is 2.02. The van der Waals surface area contributed by atoms with Gasteiger partial charge in [0.05, 0.1) is 0 Å². The van der Waals surface area contributed by atoms with Crippen molar-refractivity contribution in [1.82, 2.24) is 5.01 Å². The molecule has 0 aliphatic rings. The lowest BCUT2D eigenvalue weighted by Gasteiger charge is -2.18. The van der Waals surface area contributed by atoms with E-state index in [9.17, 15) is 4.39 Å². The summed E-state index contributed by atoms with van der Waals surface area (Å²) in [7, 11) is 0. The van der Waals surface area contributed by atoms with Crippen molar-refractivity contribution >= 4 is 23.0 Å². The number of thiocarbonyl (C=S) groups is 1. The van der Waals surface area contributed by atoms with Crippen LogP contribution < -0.4 is 11.2 Å². The van der Waals surface area contributed by atoms with Crippen molar-refractivity contribution in [3.8, 4) is 0 Å². The molecule has 1 rings (SSSR count). The predicted molar refractivity (Wildman–Crippen MR) is 59.2 cm³/mol. The molecule has 0 unspecified atom stereocenters. The number of halogens is 1. The van der Waals surface area contributed by atoms with E-state index in [0.29, 0.717) is 17.3 Å². The van der Waals surface area contributed by atoms with Crippen LogP contribution >= 0.6 is 12.2 Å². The number of rotatable bonds is 2. The molecule has 0 heterocycles. The molecule has 0 spiro atoms. The van der Waals surface area contributed by atoms with Crippen molar-refractivity contribution in [3.05, 3.63) is 30.1 Å². The molecule has 3 N–H and O–H groups in total. The highest BCUT2D eigenvalue weighted by Crippen LogP contribution is 2.09. The van der Waals surface area contributed by atoms with Gasteiger partial charge >= 0.3 is 0 Å². The summed E-state index contributed by atoms with van der Waals surface area (Å²) in [4.78, 5) is 0. The Bertz CT molecular complexity index is 330. The Morgan fingerprint density at radius 2 is 2.36 bits per heavy atom. The third-order valence-electron chi connectivity index (χ3n) is 1.68. The average molecular weight is 213 g/mol. The van der Waals surface area contributed by atoms with Gasteiger partial charge in [-0.2, -0.15) is 0 Å². The van der Waals surface area contributed by atoms with Crippen LogP contribution in [0, 0.1) is 5.82 Å². The molecule has 0 saturated heterocycles. The normalized spacial score (nSPS) is 9.64. The van der Waals surface area contributed by atoms with E-state index in [0.717, 1.165) is 0 Å². The lowest BCUT2D eigenvalue weighted by molar-refractivity contribution is 0.473. The summed E-state index contributed by atoms with van der Waals surface area (Å²) >= 11 is 4.97. The fourth-order valence-corrected chi connectivity index (χ4v) is 1.15. The first kappa shape index (κ1) is 10.9. The maximum Gasteiger partial charge on any atom is 0.187 e. The van der Waals surface area contributed by atoms with Gasteiger partial charge in [0.25, 0.3) is 0 Å². The van der Waals surface area contributed by atoms with Crippen LogP contribution in [0.1, 0.15) is 6.92 Å². The molecule has 0 atom stereocenters. The number of nitrogens with two attached hydrogens (primary N) is 1. The maximum atomic E-state index is 12.8. The summed E-state index contributed by atoms with van der Waals surface area (Å²) in [6, 6.07) is 6.05. The second kappa shape index (κ2) is 4.88. The molecule has 1 aromatic rings. The topological polar surface area (TPSA) is 41.3 Å². The van der Waals surface area contributed by atoms with E-state index < -0.39 is 0 Å². The van der Waals surface area contributed by atoms with E-state index in [1.54, 1.807) is 12.1 Å². The highest BCUT2D eigenvalue weighted by molar-refractivity contribution is 7.80. The van der Waals surface area contributed by atoms with Gasteiger partial charge in [-0.1, -0.05) is 6.07 Å². The number of anilines is 1. The Balaban J connectivity index is 2.65. The first-order valence-corrected chi connectivity index (χ1v) is 4.63. The fraction of sp³-hybridized carbons (Fsp3) is 0.222. The summed E-state index contributed by atoms with van der Waals surface area (Å²) < 4.78 is 12.8. The van der Waals surface area contributed by atoms with E-state index in [4.69, 9.17) is 18.1 Å². The second-order valence-electron chi connectivity index (χ2n) is 2.73. The minimum Gasteiger partial charge on any atom is -0.331 e. The highest BCUT2D eigenvalue weighted by atomic mass is 32.1. The lowest BCUT2D eigenvalue weighted by atomic mass is 10.3. The van der Waals surface area contributed by atoms with Crippen LogP contribution in [-0.2, 0) is 0 Å². The first-order chi connectivity index (χ1) is 6.63. The summed E-state index contributed by atoms with van der Waals surface area (Å²) in [5.41, 5.74) is 0.596. The Kier molecular flexibility index (Phi) is 3.79. The second-order valence-corrected chi connectivity index (χ2v) is 3.11. The van der Waals surface area contributed by atoms with Gasteiger partial charge in [-0.05, 0) is 37.3 Å².